The van der Waals surface area contributed by atoms with Crippen LogP contribution in [0.15, 0.2) is 46.2 Å². The lowest BCUT2D eigenvalue weighted by Gasteiger charge is -2.19. The predicted molar refractivity (Wildman–Crippen MR) is 161 cm³/mol. The molecule has 0 aromatic carbocycles. The van der Waals surface area contributed by atoms with Gasteiger partial charge in [-0.25, -0.2) is 14.2 Å². The van der Waals surface area contributed by atoms with Crippen molar-refractivity contribution in [2.45, 2.75) is 84.5 Å². The predicted octanol–water partition coefficient (Wildman–Crippen LogP) is 2.66. The van der Waals surface area contributed by atoms with Gasteiger partial charge >= 0.3 is 5.97 Å². The molecule has 14 nitrogen and oxygen atoms in total. The molecule has 0 radical (unpaired) electrons. The van der Waals surface area contributed by atoms with Gasteiger partial charge in [0.2, 0.25) is 6.17 Å². The largest absolute Gasteiger partial charge is 0.505 e. The molecule has 4 rings (SSSR count). The van der Waals surface area contributed by atoms with Gasteiger partial charge in [0, 0.05) is 25.5 Å². The normalized spacial score (nSPS) is 11.4. The zero-order chi connectivity index (χ0) is 32.0. The van der Waals surface area contributed by atoms with Gasteiger partial charge in [-0.3, -0.25) is 28.2 Å². The topological polar surface area (TPSA) is 189 Å². The molecule has 0 saturated heterocycles. The maximum Gasteiger partial charge on any atom is 0.347 e. The number of aryl methyl sites for hydroxylation is 2. The molecule has 0 atom stereocenters. The molecule has 0 unspecified atom stereocenters. The van der Waals surface area contributed by atoms with Crippen LogP contribution in [-0.2, 0) is 17.9 Å². The van der Waals surface area contributed by atoms with E-state index < -0.39 is 57.7 Å². The van der Waals surface area contributed by atoms with Crippen molar-refractivity contribution < 1.29 is 29.7 Å². The Labute approximate surface area is 252 Å². The number of aliphatic carboxylic acids is 1. The number of carbonyl (C=O) groups is 3. The average Bonchev–Trinajstić information content (AvgIpc) is 3.67. The Kier molecular flexibility index (Phi) is 10.1. The van der Waals surface area contributed by atoms with Gasteiger partial charge in [-0.2, -0.15) is 0 Å². The van der Waals surface area contributed by atoms with Crippen molar-refractivity contribution in [3.63, 3.8) is 0 Å². The molecule has 4 aromatic rings. The van der Waals surface area contributed by atoms with Crippen LogP contribution in [0, 0.1) is 0 Å². The van der Waals surface area contributed by atoms with Crippen LogP contribution >= 0.6 is 0 Å². The number of nitrogens with one attached hydrogen (secondary N) is 2. The fourth-order valence-electron chi connectivity index (χ4n) is 5.22. The lowest BCUT2D eigenvalue weighted by molar-refractivity contribution is -0.139. The van der Waals surface area contributed by atoms with Crippen LogP contribution < -0.4 is 21.8 Å². The number of unbranched alkanes of at least 4 members (excludes halogenated alkanes) is 6. The summed E-state index contributed by atoms with van der Waals surface area (Å²) in [5, 5.41) is 35.6. The zero-order valence-corrected chi connectivity index (χ0v) is 24.8. The number of amides is 2. The minimum absolute atomic E-state index is 0.158. The van der Waals surface area contributed by atoms with E-state index in [2.05, 4.69) is 10.6 Å². The number of fused-ring (bicyclic) bond motifs is 2. The van der Waals surface area contributed by atoms with Crippen molar-refractivity contribution in [2.24, 2.45) is 0 Å². The first-order chi connectivity index (χ1) is 21.1. The first kappa shape index (κ1) is 31.9. The summed E-state index contributed by atoms with van der Waals surface area (Å²) in [4.78, 5) is 65.4. The van der Waals surface area contributed by atoms with Gasteiger partial charge in [0.05, 0.1) is 0 Å². The van der Waals surface area contributed by atoms with Gasteiger partial charge in [-0.15, -0.1) is 0 Å². The molecule has 2 amide bonds. The molecule has 0 spiro atoms. The second-order valence-electron chi connectivity index (χ2n) is 10.6. The van der Waals surface area contributed by atoms with E-state index in [-0.39, 0.29) is 24.1 Å². The number of hydrogen-bond acceptors (Lipinski definition) is 7. The summed E-state index contributed by atoms with van der Waals surface area (Å²) in [6, 6.07) is 6.17. The Hall–Kier alpha value is -5.01. The Morgan fingerprint density at radius 1 is 0.705 bits per heavy atom. The van der Waals surface area contributed by atoms with E-state index in [4.69, 9.17) is 0 Å². The van der Waals surface area contributed by atoms with E-state index >= 15 is 0 Å². The Bertz CT molecular complexity index is 1670. The van der Waals surface area contributed by atoms with Crippen LogP contribution in [-0.4, -0.2) is 57.7 Å². The third-order valence-corrected chi connectivity index (χ3v) is 7.53. The Morgan fingerprint density at radius 3 is 1.48 bits per heavy atom. The molecular formula is C30H38N6O8. The molecule has 4 aromatic heterocycles. The second kappa shape index (κ2) is 14.0. The molecule has 4 heterocycles. The highest BCUT2D eigenvalue weighted by Gasteiger charge is 2.31. The van der Waals surface area contributed by atoms with Gasteiger partial charge in [0.25, 0.3) is 22.9 Å². The molecule has 14 heteroatoms. The van der Waals surface area contributed by atoms with Crippen molar-refractivity contribution in [1.82, 2.24) is 29.0 Å². The minimum Gasteiger partial charge on any atom is -0.505 e. The van der Waals surface area contributed by atoms with Crippen LogP contribution in [0.2, 0.25) is 0 Å². The van der Waals surface area contributed by atoms with Gasteiger partial charge in [-0.05, 0) is 37.1 Å². The molecule has 0 aliphatic heterocycles. The molecule has 44 heavy (non-hydrogen) atoms. The third kappa shape index (κ3) is 6.33. The summed E-state index contributed by atoms with van der Waals surface area (Å²) >= 11 is 0. The summed E-state index contributed by atoms with van der Waals surface area (Å²) in [7, 11) is 0. The number of nitrogens with zero attached hydrogens (tertiary/aromatic N) is 4. The van der Waals surface area contributed by atoms with Crippen molar-refractivity contribution in [1.29, 1.82) is 0 Å². The van der Waals surface area contributed by atoms with E-state index in [1.807, 2.05) is 13.8 Å². The first-order valence-corrected chi connectivity index (χ1v) is 14.8. The van der Waals surface area contributed by atoms with Gasteiger partial charge in [0.1, 0.15) is 22.2 Å². The second-order valence-corrected chi connectivity index (χ2v) is 10.6. The smallest absolute Gasteiger partial charge is 0.347 e. The monoisotopic (exact) mass is 610 g/mol. The number of aromatic hydroxyl groups is 2. The highest BCUT2D eigenvalue weighted by molar-refractivity contribution is 6.03. The summed E-state index contributed by atoms with van der Waals surface area (Å²) in [5.41, 5.74) is -2.77. The highest BCUT2D eigenvalue weighted by Crippen LogP contribution is 2.23. The minimum atomic E-state index is -2.12. The van der Waals surface area contributed by atoms with E-state index in [1.54, 1.807) is 24.5 Å². The van der Waals surface area contributed by atoms with Crippen LogP contribution in [0.3, 0.4) is 0 Å². The molecule has 0 aliphatic rings. The molecule has 0 aliphatic carbocycles. The molecule has 236 valence electrons. The van der Waals surface area contributed by atoms with Gasteiger partial charge in [-0.1, -0.05) is 52.4 Å². The highest BCUT2D eigenvalue weighted by atomic mass is 16.4. The maximum absolute atomic E-state index is 13.4. The van der Waals surface area contributed by atoms with Crippen LogP contribution in [0.5, 0.6) is 11.5 Å². The Balaban J connectivity index is 1.63. The van der Waals surface area contributed by atoms with Crippen LogP contribution in [0.4, 0.5) is 0 Å². The summed E-state index contributed by atoms with van der Waals surface area (Å²) < 4.78 is 5.40. The zero-order valence-electron chi connectivity index (χ0n) is 24.8. The van der Waals surface area contributed by atoms with E-state index in [1.165, 1.54) is 30.5 Å². The average molecular weight is 611 g/mol. The maximum atomic E-state index is 13.4. The van der Waals surface area contributed by atoms with Crippen molar-refractivity contribution in [3.05, 3.63) is 68.5 Å². The van der Waals surface area contributed by atoms with E-state index in [0.717, 1.165) is 38.5 Å². The van der Waals surface area contributed by atoms with E-state index in [0.29, 0.717) is 12.8 Å². The molecular weight excluding hydrogens is 572 g/mol. The number of hydrogen-bond donors (Lipinski definition) is 5. The number of aromatic nitrogens is 4. The summed E-state index contributed by atoms with van der Waals surface area (Å²) in [6.07, 6.45) is 7.79. The summed E-state index contributed by atoms with van der Waals surface area (Å²) in [5.74, 6) is -5.50. The number of rotatable bonds is 15. The molecule has 0 saturated carbocycles. The molecule has 0 fully saturated rings. The quantitative estimate of drug-likeness (QED) is 0.100. The van der Waals surface area contributed by atoms with Crippen molar-refractivity contribution in [3.8, 4) is 11.5 Å². The SMILES string of the molecule is CCCCCCn1c(=O)c(C(=O)NC(NC(=O)c2c(O)c3cccn3n(CCCCCC)c2=O)C(=O)O)c(O)c2cccn21. The number of carbonyl (C=O) groups excluding carboxylic acids is 2. The van der Waals surface area contributed by atoms with Crippen LogP contribution in [0.1, 0.15) is 85.9 Å². The number of carboxylic acid groups (broad SMARTS) is 1. The molecule has 5 N–H and O–H groups in total. The van der Waals surface area contributed by atoms with Crippen molar-refractivity contribution >= 4 is 28.8 Å². The first-order valence-electron chi connectivity index (χ1n) is 14.8. The lowest BCUT2D eigenvalue weighted by Crippen LogP contribution is -2.54. The lowest BCUT2D eigenvalue weighted by atomic mass is 10.2. The van der Waals surface area contributed by atoms with Crippen molar-refractivity contribution in [2.75, 3.05) is 0 Å². The van der Waals surface area contributed by atoms with E-state index in [9.17, 15) is 39.3 Å². The fraction of sp³-hybridized carbons (Fsp3) is 0.433. The van der Waals surface area contributed by atoms with Crippen LogP contribution in [0.25, 0.3) is 11.0 Å². The Morgan fingerprint density at radius 2 is 1.11 bits per heavy atom. The molecule has 0 bridgehead atoms. The standard InChI is InChI=1S/C30H38N6O8/c1-3-5-7-9-15-35-28(41)21(23(37)19-13-11-17-33(19)35)26(39)31-25(30(43)44)32-27(40)22-24(38)20-14-12-18-34(20)36(29(22)42)16-10-8-6-4-2/h11-14,17-18,25,37-38H,3-10,15-16H2,1-2H3,(H,31,39)(H,32,40)(H,43,44). The number of carboxylic acids is 1. The third-order valence-electron chi connectivity index (χ3n) is 7.53. The summed E-state index contributed by atoms with van der Waals surface area (Å²) in [6.45, 7) is 4.58. The van der Waals surface area contributed by atoms with Gasteiger partial charge in [0.15, 0.2) is 11.5 Å². The fourth-order valence-corrected chi connectivity index (χ4v) is 5.22. The van der Waals surface area contributed by atoms with Gasteiger partial charge < -0.3 is 26.0 Å².